The molecule has 0 bridgehead atoms. The quantitative estimate of drug-likeness (QED) is 0.778. The Morgan fingerprint density at radius 1 is 1.06 bits per heavy atom. The first kappa shape index (κ1) is 10.3. The highest BCUT2D eigenvalue weighted by atomic mass is 16.5. The fourth-order valence-corrected chi connectivity index (χ4v) is 2.55. The molecule has 0 spiro atoms. The summed E-state index contributed by atoms with van der Waals surface area (Å²) in [6.45, 7) is 0. The number of nitrogens with zero attached hydrogens (tertiary/aromatic N) is 2. The van der Waals surface area contributed by atoms with E-state index in [4.69, 9.17) is 10.3 Å². The molecule has 2 aliphatic carbocycles. The van der Waals surface area contributed by atoms with Crippen molar-refractivity contribution in [3.63, 3.8) is 0 Å². The molecule has 1 heterocycles. The second-order valence-electron chi connectivity index (χ2n) is 5.17. The average Bonchev–Trinajstić information content (AvgIpc) is 3.06. The summed E-state index contributed by atoms with van der Waals surface area (Å²) in [5.74, 6) is 2.56. The summed E-state index contributed by atoms with van der Waals surface area (Å²) in [6.07, 6.45) is 8.39. The fourth-order valence-electron chi connectivity index (χ4n) is 2.55. The predicted molar refractivity (Wildman–Crippen MR) is 60.1 cm³/mol. The van der Waals surface area contributed by atoms with Gasteiger partial charge in [0.25, 0.3) is 0 Å². The van der Waals surface area contributed by atoms with Crippen LogP contribution in [0.15, 0.2) is 4.52 Å². The van der Waals surface area contributed by atoms with Crippen LogP contribution in [0.25, 0.3) is 0 Å². The molecule has 1 aromatic rings. The monoisotopic (exact) mass is 221 g/mol. The first-order valence-electron chi connectivity index (χ1n) is 6.43. The van der Waals surface area contributed by atoms with Crippen molar-refractivity contribution in [2.24, 2.45) is 5.73 Å². The van der Waals surface area contributed by atoms with Crippen molar-refractivity contribution in [2.45, 2.75) is 62.8 Å². The predicted octanol–water partition coefficient (Wildman–Crippen LogP) is 2.32. The van der Waals surface area contributed by atoms with Gasteiger partial charge in [-0.05, 0) is 25.7 Å². The standard InChI is InChI=1S/C12H19N3O/c13-10-5-3-1-2-4-9(10)12-14-11(15-16-12)8-6-7-8/h8-10H,1-7,13H2. The van der Waals surface area contributed by atoms with Crippen LogP contribution in [0.2, 0.25) is 0 Å². The minimum atomic E-state index is 0.204. The van der Waals surface area contributed by atoms with Gasteiger partial charge >= 0.3 is 0 Å². The van der Waals surface area contributed by atoms with Crippen molar-refractivity contribution in [1.29, 1.82) is 0 Å². The molecule has 3 rings (SSSR count). The van der Waals surface area contributed by atoms with E-state index in [1.165, 1.54) is 32.1 Å². The highest BCUT2D eigenvalue weighted by molar-refractivity contribution is 5.07. The van der Waals surface area contributed by atoms with Crippen molar-refractivity contribution in [2.75, 3.05) is 0 Å². The van der Waals surface area contributed by atoms with Crippen LogP contribution in [0.1, 0.15) is 68.5 Å². The molecule has 1 aromatic heterocycles. The summed E-state index contributed by atoms with van der Waals surface area (Å²) in [6, 6.07) is 0.204. The van der Waals surface area contributed by atoms with Crippen molar-refractivity contribution in [3.05, 3.63) is 11.7 Å². The Hall–Kier alpha value is -0.900. The molecule has 4 nitrogen and oxygen atoms in total. The highest BCUT2D eigenvalue weighted by Gasteiger charge is 2.32. The lowest BCUT2D eigenvalue weighted by Gasteiger charge is -2.16. The zero-order chi connectivity index (χ0) is 11.0. The summed E-state index contributed by atoms with van der Waals surface area (Å²) < 4.78 is 5.39. The summed E-state index contributed by atoms with van der Waals surface area (Å²) >= 11 is 0. The summed E-state index contributed by atoms with van der Waals surface area (Å²) in [7, 11) is 0. The molecule has 88 valence electrons. The molecule has 0 radical (unpaired) electrons. The first-order chi connectivity index (χ1) is 7.84. The van der Waals surface area contributed by atoms with Crippen LogP contribution in [-0.2, 0) is 0 Å². The van der Waals surface area contributed by atoms with Gasteiger partial charge in [-0.25, -0.2) is 0 Å². The smallest absolute Gasteiger partial charge is 0.231 e. The molecule has 2 aliphatic rings. The molecular formula is C12H19N3O. The average molecular weight is 221 g/mol. The van der Waals surface area contributed by atoms with E-state index in [1.807, 2.05) is 0 Å². The van der Waals surface area contributed by atoms with Crippen molar-refractivity contribution in [3.8, 4) is 0 Å². The van der Waals surface area contributed by atoms with Gasteiger partial charge in [-0.1, -0.05) is 24.4 Å². The third kappa shape index (κ3) is 1.98. The van der Waals surface area contributed by atoms with E-state index in [2.05, 4.69) is 10.1 Å². The molecule has 2 N–H and O–H groups in total. The number of rotatable bonds is 2. The Labute approximate surface area is 95.6 Å². The van der Waals surface area contributed by atoms with E-state index < -0.39 is 0 Å². The zero-order valence-electron chi connectivity index (χ0n) is 9.56. The van der Waals surface area contributed by atoms with E-state index in [1.54, 1.807) is 0 Å². The van der Waals surface area contributed by atoms with Gasteiger partial charge < -0.3 is 10.3 Å². The Balaban J connectivity index is 1.77. The lowest BCUT2D eigenvalue weighted by atomic mass is 9.95. The number of hydrogen-bond acceptors (Lipinski definition) is 4. The second-order valence-corrected chi connectivity index (χ2v) is 5.17. The van der Waals surface area contributed by atoms with Gasteiger partial charge in [-0.3, -0.25) is 0 Å². The molecule has 2 atom stereocenters. The van der Waals surface area contributed by atoms with Gasteiger partial charge in [0.2, 0.25) is 5.89 Å². The van der Waals surface area contributed by atoms with Crippen molar-refractivity contribution < 1.29 is 4.52 Å². The molecule has 4 heteroatoms. The summed E-state index contributed by atoms with van der Waals surface area (Å²) in [5, 5.41) is 4.08. The van der Waals surface area contributed by atoms with Crippen molar-refractivity contribution >= 4 is 0 Å². The van der Waals surface area contributed by atoms with E-state index in [-0.39, 0.29) is 6.04 Å². The van der Waals surface area contributed by atoms with Gasteiger partial charge in [0.05, 0.1) is 5.92 Å². The van der Waals surface area contributed by atoms with Gasteiger partial charge in [0.15, 0.2) is 5.82 Å². The normalized spacial score (nSPS) is 31.3. The first-order valence-corrected chi connectivity index (χ1v) is 6.43. The number of nitrogens with two attached hydrogens (primary N) is 1. The molecule has 2 saturated carbocycles. The van der Waals surface area contributed by atoms with Crippen LogP contribution in [0.4, 0.5) is 0 Å². The molecule has 0 saturated heterocycles. The van der Waals surface area contributed by atoms with Crippen molar-refractivity contribution in [1.82, 2.24) is 10.1 Å². The third-order valence-electron chi connectivity index (χ3n) is 3.79. The summed E-state index contributed by atoms with van der Waals surface area (Å²) in [4.78, 5) is 4.53. The Bertz CT molecular complexity index is 359. The highest BCUT2D eigenvalue weighted by Crippen LogP contribution is 2.39. The van der Waals surface area contributed by atoms with E-state index in [9.17, 15) is 0 Å². The van der Waals surface area contributed by atoms with Crippen LogP contribution in [0.5, 0.6) is 0 Å². The van der Waals surface area contributed by atoms with E-state index in [0.717, 1.165) is 24.6 Å². The Morgan fingerprint density at radius 2 is 1.88 bits per heavy atom. The fraction of sp³-hybridized carbons (Fsp3) is 0.833. The van der Waals surface area contributed by atoms with Gasteiger partial charge in [-0.15, -0.1) is 0 Å². The maximum atomic E-state index is 6.18. The van der Waals surface area contributed by atoms with Crippen LogP contribution in [0.3, 0.4) is 0 Å². The zero-order valence-corrected chi connectivity index (χ0v) is 9.56. The lowest BCUT2D eigenvalue weighted by Crippen LogP contribution is -2.27. The van der Waals surface area contributed by atoms with E-state index in [0.29, 0.717) is 11.8 Å². The molecule has 0 aromatic carbocycles. The minimum Gasteiger partial charge on any atom is -0.339 e. The van der Waals surface area contributed by atoms with Crippen LogP contribution in [-0.4, -0.2) is 16.2 Å². The van der Waals surface area contributed by atoms with Gasteiger partial charge in [0, 0.05) is 12.0 Å². The van der Waals surface area contributed by atoms with E-state index >= 15 is 0 Å². The lowest BCUT2D eigenvalue weighted by molar-refractivity contribution is 0.323. The maximum absolute atomic E-state index is 6.18. The Kier molecular flexibility index (Phi) is 2.67. The molecule has 16 heavy (non-hydrogen) atoms. The SMILES string of the molecule is NC1CCCCCC1c1nc(C2CC2)no1. The molecule has 2 unspecified atom stereocenters. The van der Waals surface area contributed by atoms with Gasteiger partial charge in [-0.2, -0.15) is 4.98 Å². The minimum absolute atomic E-state index is 0.204. The van der Waals surface area contributed by atoms with Crippen LogP contribution < -0.4 is 5.73 Å². The summed E-state index contributed by atoms with van der Waals surface area (Å²) in [5.41, 5.74) is 6.18. The van der Waals surface area contributed by atoms with Crippen LogP contribution in [0, 0.1) is 0 Å². The maximum Gasteiger partial charge on any atom is 0.231 e. The largest absolute Gasteiger partial charge is 0.339 e. The topological polar surface area (TPSA) is 64.9 Å². The molecule has 0 aliphatic heterocycles. The molecule has 0 amide bonds. The molecular weight excluding hydrogens is 202 g/mol. The van der Waals surface area contributed by atoms with Gasteiger partial charge in [0.1, 0.15) is 0 Å². The third-order valence-corrected chi connectivity index (χ3v) is 3.79. The Morgan fingerprint density at radius 3 is 2.69 bits per heavy atom. The second kappa shape index (κ2) is 4.17. The molecule has 2 fully saturated rings. The number of aromatic nitrogens is 2. The number of hydrogen-bond donors (Lipinski definition) is 1. The van der Waals surface area contributed by atoms with Crippen LogP contribution >= 0.6 is 0 Å².